The van der Waals surface area contributed by atoms with Crippen LogP contribution in [0.3, 0.4) is 0 Å². The second-order valence-electron chi connectivity index (χ2n) is 6.92. The van der Waals surface area contributed by atoms with Crippen molar-refractivity contribution in [2.45, 2.75) is 6.92 Å². The first kappa shape index (κ1) is 20.6. The van der Waals surface area contributed by atoms with E-state index >= 15 is 0 Å². The molecule has 31 heavy (non-hydrogen) atoms. The Bertz CT molecular complexity index is 1200. The van der Waals surface area contributed by atoms with Gasteiger partial charge in [0.1, 0.15) is 11.5 Å². The fourth-order valence-electron chi connectivity index (χ4n) is 3.28. The van der Waals surface area contributed by atoms with Gasteiger partial charge in [0.05, 0.1) is 24.9 Å². The molecule has 0 saturated heterocycles. The van der Waals surface area contributed by atoms with Gasteiger partial charge in [0.2, 0.25) is 0 Å². The quantitative estimate of drug-likeness (QED) is 0.404. The third kappa shape index (κ3) is 4.59. The zero-order chi connectivity index (χ0) is 21.8. The number of methoxy groups -OCH3 is 2. The molecule has 6 heteroatoms. The van der Waals surface area contributed by atoms with Crippen LogP contribution < -0.4 is 14.8 Å². The summed E-state index contributed by atoms with van der Waals surface area (Å²) in [5.74, 6) is 1.25. The summed E-state index contributed by atoms with van der Waals surface area (Å²) in [6, 6.07) is 20.7. The van der Waals surface area contributed by atoms with Crippen LogP contribution >= 0.6 is 11.3 Å². The molecule has 0 aliphatic rings. The molecule has 156 valence electrons. The highest BCUT2D eigenvalue weighted by molar-refractivity contribution is 7.09. The van der Waals surface area contributed by atoms with E-state index in [2.05, 4.69) is 10.3 Å². The smallest absolute Gasteiger partial charge is 0.256 e. The average molecular weight is 431 g/mol. The van der Waals surface area contributed by atoms with Crippen LogP contribution in [0.2, 0.25) is 0 Å². The molecule has 0 bridgehead atoms. The lowest BCUT2D eigenvalue weighted by atomic mass is 9.98. The van der Waals surface area contributed by atoms with Crippen molar-refractivity contribution in [3.05, 3.63) is 82.7 Å². The lowest BCUT2D eigenvalue weighted by Crippen LogP contribution is -2.13. The van der Waals surface area contributed by atoms with Crippen LogP contribution in [0, 0.1) is 6.92 Å². The number of carbonyl (C=O) groups is 1. The van der Waals surface area contributed by atoms with E-state index in [4.69, 9.17) is 9.47 Å². The van der Waals surface area contributed by atoms with Crippen LogP contribution in [0.4, 0.5) is 5.69 Å². The summed E-state index contributed by atoms with van der Waals surface area (Å²) in [5, 5.41) is 6.05. The number of hydrogen-bond donors (Lipinski definition) is 1. The highest BCUT2D eigenvalue weighted by Gasteiger charge is 2.15. The van der Waals surface area contributed by atoms with Crippen molar-refractivity contribution >= 4 is 22.9 Å². The number of carbonyl (C=O) groups excluding carboxylic acids is 1. The summed E-state index contributed by atoms with van der Waals surface area (Å²) in [7, 11) is 3.23. The van der Waals surface area contributed by atoms with Gasteiger partial charge < -0.3 is 14.8 Å². The molecule has 5 nitrogen and oxygen atoms in total. The number of benzene rings is 3. The van der Waals surface area contributed by atoms with Crippen molar-refractivity contribution < 1.29 is 14.3 Å². The van der Waals surface area contributed by atoms with Crippen molar-refractivity contribution in [3.8, 4) is 33.9 Å². The van der Waals surface area contributed by atoms with Gasteiger partial charge in [-0.1, -0.05) is 24.3 Å². The number of nitrogens with one attached hydrogen (secondary N) is 1. The number of rotatable bonds is 6. The summed E-state index contributed by atoms with van der Waals surface area (Å²) in [4.78, 5) is 17.6. The number of anilines is 1. The van der Waals surface area contributed by atoms with Crippen LogP contribution in [0.5, 0.6) is 11.5 Å². The van der Waals surface area contributed by atoms with Gasteiger partial charge in [0.15, 0.2) is 0 Å². The van der Waals surface area contributed by atoms with Crippen molar-refractivity contribution in [2.24, 2.45) is 0 Å². The molecule has 1 N–H and O–H groups in total. The molecule has 1 heterocycles. The molecule has 0 spiro atoms. The van der Waals surface area contributed by atoms with Gasteiger partial charge in [-0.3, -0.25) is 4.79 Å². The molecule has 0 atom stereocenters. The van der Waals surface area contributed by atoms with Crippen LogP contribution in [0.1, 0.15) is 15.4 Å². The molecule has 4 rings (SSSR count). The van der Waals surface area contributed by atoms with Gasteiger partial charge in [-0.25, -0.2) is 4.98 Å². The predicted octanol–water partition coefficient (Wildman–Crippen LogP) is 6.06. The van der Waals surface area contributed by atoms with E-state index in [-0.39, 0.29) is 5.91 Å². The zero-order valence-corrected chi connectivity index (χ0v) is 18.3. The third-order valence-corrected chi connectivity index (χ3v) is 5.70. The van der Waals surface area contributed by atoms with Gasteiger partial charge >= 0.3 is 0 Å². The van der Waals surface area contributed by atoms with E-state index in [0.29, 0.717) is 11.3 Å². The van der Waals surface area contributed by atoms with E-state index in [1.807, 2.05) is 66.9 Å². The maximum atomic E-state index is 13.1. The fourth-order valence-corrected chi connectivity index (χ4v) is 3.90. The van der Waals surface area contributed by atoms with E-state index in [0.717, 1.165) is 38.8 Å². The number of aryl methyl sites for hydroxylation is 1. The van der Waals surface area contributed by atoms with Gasteiger partial charge in [-0.2, -0.15) is 0 Å². The van der Waals surface area contributed by atoms with E-state index < -0.39 is 0 Å². The largest absolute Gasteiger partial charge is 0.497 e. The average Bonchev–Trinajstić information content (AvgIpc) is 3.25. The molecule has 0 aliphatic heterocycles. The van der Waals surface area contributed by atoms with Crippen LogP contribution in [-0.4, -0.2) is 25.1 Å². The minimum atomic E-state index is -0.189. The van der Waals surface area contributed by atoms with Crippen LogP contribution in [0.25, 0.3) is 22.4 Å². The Balaban J connectivity index is 1.60. The van der Waals surface area contributed by atoms with Gasteiger partial charge in [0.25, 0.3) is 5.91 Å². The minimum absolute atomic E-state index is 0.189. The number of hydrogen-bond acceptors (Lipinski definition) is 5. The minimum Gasteiger partial charge on any atom is -0.497 e. The summed E-state index contributed by atoms with van der Waals surface area (Å²) in [5.41, 5.74) is 4.93. The van der Waals surface area contributed by atoms with Crippen LogP contribution in [-0.2, 0) is 0 Å². The molecule has 4 aromatic rings. The summed E-state index contributed by atoms with van der Waals surface area (Å²) in [6.45, 7) is 1.98. The second kappa shape index (κ2) is 9.02. The number of amides is 1. The maximum absolute atomic E-state index is 13.1. The highest BCUT2D eigenvalue weighted by atomic mass is 32.1. The Morgan fingerprint density at radius 3 is 2.13 bits per heavy atom. The van der Waals surface area contributed by atoms with E-state index in [1.54, 1.807) is 37.7 Å². The number of thiazole rings is 1. The fraction of sp³-hybridized carbons (Fsp3) is 0.120. The molecule has 3 aromatic carbocycles. The third-order valence-electron chi connectivity index (χ3n) is 4.93. The second-order valence-corrected chi connectivity index (χ2v) is 7.99. The highest BCUT2D eigenvalue weighted by Crippen LogP contribution is 2.30. The maximum Gasteiger partial charge on any atom is 0.256 e. The van der Waals surface area contributed by atoms with Crippen LogP contribution in [0.15, 0.2) is 72.1 Å². The standard InChI is InChI=1S/C25H22N2O3S/c1-16-26-24(15-31-16)18-4-8-19(9-5-18)27-25(28)22-13-12-21(30-3)14-23(22)17-6-10-20(29-2)11-7-17/h4-15H,1-3H3,(H,27,28). The topological polar surface area (TPSA) is 60.5 Å². The first-order valence-corrected chi connectivity index (χ1v) is 10.6. The Morgan fingerprint density at radius 2 is 1.52 bits per heavy atom. The number of nitrogens with zero attached hydrogens (tertiary/aromatic N) is 1. The van der Waals surface area contributed by atoms with E-state index in [9.17, 15) is 4.79 Å². The van der Waals surface area contributed by atoms with Gasteiger partial charge in [-0.05, 0) is 60.5 Å². The Kier molecular flexibility index (Phi) is 6.00. The number of ether oxygens (including phenoxy) is 2. The van der Waals surface area contributed by atoms with E-state index in [1.165, 1.54) is 0 Å². The van der Waals surface area contributed by atoms with Gasteiger partial charge in [0, 0.05) is 22.2 Å². The van der Waals surface area contributed by atoms with Crippen molar-refractivity contribution in [1.29, 1.82) is 0 Å². The Labute approximate surface area is 185 Å². The van der Waals surface area contributed by atoms with Crippen molar-refractivity contribution in [2.75, 3.05) is 19.5 Å². The molecule has 0 unspecified atom stereocenters. The molecule has 0 aliphatic carbocycles. The summed E-state index contributed by atoms with van der Waals surface area (Å²) in [6.07, 6.45) is 0. The first-order chi connectivity index (χ1) is 15.1. The van der Waals surface area contributed by atoms with Crippen molar-refractivity contribution in [3.63, 3.8) is 0 Å². The molecule has 0 saturated carbocycles. The monoisotopic (exact) mass is 430 g/mol. The SMILES string of the molecule is COc1ccc(-c2cc(OC)ccc2C(=O)Nc2ccc(-c3csc(C)n3)cc2)cc1. The zero-order valence-electron chi connectivity index (χ0n) is 17.5. The first-order valence-electron chi connectivity index (χ1n) is 9.74. The van der Waals surface area contributed by atoms with Crippen molar-refractivity contribution in [1.82, 2.24) is 4.98 Å². The van der Waals surface area contributed by atoms with Gasteiger partial charge in [-0.15, -0.1) is 11.3 Å². The predicted molar refractivity (Wildman–Crippen MR) is 125 cm³/mol. The molecule has 1 aromatic heterocycles. The number of aromatic nitrogens is 1. The molecule has 0 radical (unpaired) electrons. The summed E-state index contributed by atoms with van der Waals surface area (Å²) >= 11 is 1.62. The molecule has 1 amide bonds. The normalized spacial score (nSPS) is 10.5. The molecule has 0 fully saturated rings. The lowest BCUT2D eigenvalue weighted by Gasteiger charge is -2.13. The molecular formula is C25H22N2O3S. The Hall–Kier alpha value is -3.64. The Morgan fingerprint density at radius 1 is 0.871 bits per heavy atom. The lowest BCUT2D eigenvalue weighted by molar-refractivity contribution is 0.102. The molecular weight excluding hydrogens is 408 g/mol. The summed E-state index contributed by atoms with van der Waals surface area (Å²) < 4.78 is 10.6.